The molecule has 184 valence electrons. The van der Waals surface area contributed by atoms with Gasteiger partial charge in [-0.25, -0.2) is 0 Å². The van der Waals surface area contributed by atoms with Gasteiger partial charge in [0.15, 0.2) is 0 Å². The minimum Gasteiger partial charge on any atom is -0.415 e. The minimum atomic E-state index is -2.55. The van der Waals surface area contributed by atoms with E-state index in [4.69, 9.17) is 16.5 Å². The first-order chi connectivity index (χ1) is 14.3. The van der Waals surface area contributed by atoms with Crippen LogP contribution >= 0.6 is 0 Å². The molecule has 4 unspecified atom stereocenters. The molecule has 0 radical (unpaired) electrons. The Balaban J connectivity index is 2.76. The fourth-order valence-corrected chi connectivity index (χ4v) is 33.8. The van der Waals surface area contributed by atoms with E-state index in [2.05, 4.69) is 83.1 Å². The van der Waals surface area contributed by atoms with Gasteiger partial charge in [-0.2, -0.15) is 0 Å². The summed E-state index contributed by atoms with van der Waals surface area (Å²) in [5.74, 6) is 0.748. The van der Waals surface area contributed by atoms with Crippen molar-refractivity contribution in [2.45, 2.75) is 142 Å². The minimum absolute atomic E-state index is 0.386. The molecule has 31 heavy (non-hydrogen) atoms. The predicted octanol–water partition coefficient (Wildman–Crippen LogP) is 8.34. The molecule has 2 fully saturated rings. The smallest absolute Gasteiger partial charge is 0.326 e. The zero-order valence-electron chi connectivity index (χ0n) is 22.6. The molecule has 0 N–H and O–H groups in total. The summed E-state index contributed by atoms with van der Waals surface area (Å²) in [5.41, 5.74) is 2.17. The van der Waals surface area contributed by atoms with Gasteiger partial charge in [-0.05, 0) is 52.6 Å². The van der Waals surface area contributed by atoms with Gasteiger partial charge in [0.2, 0.25) is 0 Å². The van der Waals surface area contributed by atoms with Crippen LogP contribution in [0.4, 0.5) is 0 Å². The van der Waals surface area contributed by atoms with Crippen LogP contribution < -0.4 is 0 Å². The summed E-state index contributed by atoms with van der Waals surface area (Å²) in [4.78, 5) is 0. The lowest BCUT2D eigenvalue weighted by Crippen LogP contribution is -2.72. The average Bonchev–Trinajstić information content (AvgIpc) is 3.49. The average molecular weight is 505 g/mol. The summed E-state index contributed by atoms with van der Waals surface area (Å²) in [7, 11) is -10.1. The van der Waals surface area contributed by atoms with Crippen molar-refractivity contribution >= 4 is 34.2 Å². The van der Waals surface area contributed by atoms with Crippen molar-refractivity contribution in [1.29, 1.82) is 0 Å². The van der Waals surface area contributed by atoms with Crippen molar-refractivity contribution in [3.8, 4) is 0 Å². The molecule has 0 aromatic heterocycles. The van der Waals surface area contributed by atoms with Gasteiger partial charge in [0.25, 0.3) is 0 Å². The standard InChI is InChI=1S/C23H52O4Si4/c1-13-22-17-23(22)31(21(11)12)26-29(15-3,19(7)8)24-28(14-2,18(5)6)25-30(16-4,27-31)20(9)10/h18-23H,13-17H2,1-12H3. The Kier molecular flexibility index (Phi) is 9.14. The van der Waals surface area contributed by atoms with Gasteiger partial charge in [-0.1, -0.05) is 89.5 Å². The summed E-state index contributed by atoms with van der Waals surface area (Å²) in [6.07, 6.45) is 2.49. The second-order valence-electron chi connectivity index (χ2n) is 11.3. The fraction of sp³-hybridized carbons (Fsp3) is 1.00. The molecule has 8 heteroatoms. The highest BCUT2D eigenvalue weighted by atomic mass is 28.5. The number of hydrogen-bond donors (Lipinski definition) is 0. The Labute approximate surface area is 198 Å². The van der Waals surface area contributed by atoms with Crippen molar-refractivity contribution in [3.05, 3.63) is 0 Å². The van der Waals surface area contributed by atoms with E-state index in [1.54, 1.807) is 0 Å². The Morgan fingerprint density at radius 3 is 1.16 bits per heavy atom. The van der Waals surface area contributed by atoms with Gasteiger partial charge in [0.05, 0.1) is 0 Å². The summed E-state index contributed by atoms with van der Waals surface area (Å²) in [6, 6.07) is 2.93. The van der Waals surface area contributed by atoms with E-state index in [0.29, 0.717) is 27.7 Å². The molecular formula is C23H52O4Si4. The topological polar surface area (TPSA) is 36.9 Å². The van der Waals surface area contributed by atoms with E-state index < -0.39 is 34.2 Å². The van der Waals surface area contributed by atoms with Gasteiger partial charge < -0.3 is 16.5 Å². The molecule has 0 aromatic rings. The van der Waals surface area contributed by atoms with Crippen LogP contribution in [0.25, 0.3) is 0 Å². The maximum absolute atomic E-state index is 7.63. The van der Waals surface area contributed by atoms with Crippen LogP contribution in [0.5, 0.6) is 0 Å². The molecule has 0 bridgehead atoms. The normalized spacial score (nSPS) is 41.8. The molecule has 2 aliphatic rings. The first kappa shape index (κ1) is 27.9. The van der Waals surface area contributed by atoms with E-state index >= 15 is 0 Å². The molecule has 4 atom stereocenters. The Morgan fingerprint density at radius 1 is 0.581 bits per heavy atom. The lowest BCUT2D eigenvalue weighted by molar-refractivity contribution is 0.190. The molecule has 1 heterocycles. The second-order valence-corrected chi connectivity index (χ2v) is 28.3. The fourth-order valence-electron chi connectivity index (χ4n) is 5.58. The van der Waals surface area contributed by atoms with Crippen LogP contribution in [0.2, 0.25) is 45.8 Å². The van der Waals surface area contributed by atoms with Gasteiger partial charge in [-0.3, -0.25) is 0 Å². The monoisotopic (exact) mass is 504 g/mol. The van der Waals surface area contributed by atoms with Gasteiger partial charge in [0, 0.05) is 5.54 Å². The van der Waals surface area contributed by atoms with Crippen molar-refractivity contribution in [3.63, 3.8) is 0 Å². The first-order valence-corrected chi connectivity index (χ1v) is 21.4. The molecule has 0 aromatic carbocycles. The van der Waals surface area contributed by atoms with E-state index in [1.165, 1.54) is 12.8 Å². The van der Waals surface area contributed by atoms with E-state index in [1.807, 2.05) is 0 Å². The zero-order chi connectivity index (χ0) is 23.8. The van der Waals surface area contributed by atoms with Crippen molar-refractivity contribution in [2.75, 3.05) is 0 Å². The van der Waals surface area contributed by atoms with Gasteiger partial charge in [-0.15, -0.1) is 0 Å². The third kappa shape index (κ3) is 4.92. The van der Waals surface area contributed by atoms with Crippen LogP contribution in [-0.2, 0) is 16.5 Å². The quantitative estimate of drug-likeness (QED) is 0.296. The Bertz CT molecular complexity index is 572. The lowest BCUT2D eigenvalue weighted by atomic mass is 10.3. The van der Waals surface area contributed by atoms with Crippen molar-refractivity contribution in [1.82, 2.24) is 0 Å². The summed E-state index contributed by atoms with van der Waals surface area (Å²) in [5, 5.41) is 0. The SMILES string of the molecule is CCC1CC1[Si]1(C(C)C)O[Si](CC)(C(C)C)O[Si](CC)(C(C)C)O[Si](CC)(C(C)C)O1. The highest BCUT2D eigenvalue weighted by Crippen LogP contribution is 2.61. The van der Waals surface area contributed by atoms with Gasteiger partial charge >= 0.3 is 34.2 Å². The largest absolute Gasteiger partial charge is 0.415 e. The van der Waals surface area contributed by atoms with Crippen molar-refractivity contribution < 1.29 is 16.5 Å². The number of rotatable bonds is 9. The maximum Gasteiger partial charge on any atom is 0.326 e. The van der Waals surface area contributed by atoms with Crippen LogP contribution in [0.15, 0.2) is 0 Å². The molecule has 4 nitrogen and oxygen atoms in total. The highest BCUT2D eigenvalue weighted by molar-refractivity contribution is 6.96. The van der Waals surface area contributed by atoms with Gasteiger partial charge in [0.1, 0.15) is 0 Å². The third-order valence-electron chi connectivity index (χ3n) is 8.24. The summed E-state index contributed by atoms with van der Waals surface area (Å²) >= 11 is 0. The summed E-state index contributed by atoms with van der Waals surface area (Å²) in [6.45, 7) is 27.8. The zero-order valence-corrected chi connectivity index (χ0v) is 26.6. The molecule has 0 spiro atoms. The molecule has 2 rings (SSSR count). The third-order valence-corrected chi connectivity index (χ3v) is 30.7. The van der Waals surface area contributed by atoms with Crippen molar-refractivity contribution in [2.24, 2.45) is 5.92 Å². The first-order valence-electron chi connectivity index (χ1n) is 13.1. The van der Waals surface area contributed by atoms with E-state index in [0.717, 1.165) is 24.1 Å². The lowest BCUT2D eigenvalue weighted by Gasteiger charge is -2.57. The van der Waals surface area contributed by atoms with Crippen LogP contribution in [0.3, 0.4) is 0 Å². The van der Waals surface area contributed by atoms with Crippen LogP contribution in [0, 0.1) is 5.92 Å². The van der Waals surface area contributed by atoms with Crippen LogP contribution in [-0.4, -0.2) is 34.2 Å². The van der Waals surface area contributed by atoms with E-state index in [9.17, 15) is 0 Å². The highest BCUT2D eigenvalue weighted by Gasteiger charge is 2.69. The second kappa shape index (κ2) is 10.1. The molecule has 0 amide bonds. The summed E-state index contributed by atoms with van der Waals surface area (Å²) < 4.78 is 30.2. The molecule has 1 saturated heterocycles. The van der Waals surface area contributed by atoms with Crippen LogP contribution in [0.1, 0.15) is 95.9 Å². The number of hydrogen-bond acceptors (Lipinski definition) is 4. The molecular weight excluding hydrogens is 453 g/mol. The predicted molar refractivity (Wildman–Crippen MR) is 141 cm³/mol. The molecule has 1 saturated carbocycles. The Hall–Kier alpha value is 0.708. The Morgan fingerprint density at radius 2 is 0.935 bits per heavy atom. The maximum atomic E-state index is 7.63. The molecule has 1 aliphatic heterocycles. The van der Waals surface area contributed by atoms with E-state index in [-0.39, 0.29) is 0 Å². The molecule has 1 aliphatic carbocycles.